The molecule has 0 radical (unpaired) electrons. The Hall–Kier alpha value is -1.95. The molecule has 130 valence electrons. The van der Waals surface area contributed by atoms with Gasteiger partial charge < -0.3 is 15.6 Å². The third kappa shape index (κ3) is 3.29. The second kappa shape index (κ2) is 6.16. The van der Waals surface area contributed by atoms with Crippen LogP contribution in [0.2, 0.25) is 0 Å². The van der Waals surface area contributed by atoms with E-state index in [1.807, 2.05) is 13.8 Å². The van der Waals surface area contributed by atoms with E-state index in [9.17, 15) is 14.4 Å². The molecule has 1 saturated heterocycles. The van der Waals surface area contributed by atoms with E-state index in [-0.39, 0.29) is 22.8 Å². The summed E-state index contributed by atoms with van der Waals surface area (Å²) in [5.41, 5.74) is 0.562. The molecule has 0 aromatic carbocycles. The van der Waals surface area contributed by atoms with Crippen molar-refractivity contribution in [2.75, 3.05) is 13.1 Å². The number of Topliss-reactive ketones (excluding diaryl/α,β-unsaturated/α-hetero) is 1. The van der Waals surface area contributed by atoms with Gasteiger partial charge in [-0.2, -0.15) is 0 Å². The molecule has 6 nitrogen and oxygen atoms in total. The Balaban J connectivity index is 1.87. The number of piperidine rings is 1. The van der Waals surface area contributed by atoms with Gasteiger partial charge in [-0.1, -0.05) is 20.8 Å². The Morgan fingerprint density at radius 3 is 2.75 bits per heavy atom. The molecule has 0 spiro atoms. The number of ketones is 1. The van der Waals surface area contributed by atoms with Crippen molar-refractivity contribution in [3.05, 3.63) is 33.2 Å². The van der Waals surface area contributed by atoms with Crippen LogP contribution in [0.15, 0.2) is 10.9 Å². The average molecular weight is 331 g/mol. The van der Waals surface area contributed by atoms with E-state index in [1.54, 1.807) is 0 Å². The lowest BCUT2D eigenvalue weighted by Gasteiger charge is -2.31. The highest BCUT2D eigenvalue weighted by atomic mass is 16.2. The summed E-state index contributed by atoms with van der Waals surface area (Å²) in [6.45, 7) is 7.74. The summed E-state index contributed by atoms with van der Waals surface area (Å²) < 4.78 is 0. The maximum absolute atomic E-state index is 12.5. The molecule has 1 aromatic rings. The molecule has 1 amide bonds. The Labute approximate surface area is 141 Å². The van der Waals surface area contributed by atoms with E-state index in [1.165, 1.54) is 6.07 Å². The third-order valence-electron chi connectivity index (χ3n) is 5.11. The van der Waals surface area contributed by atoms with Crippen LogP contribution in [0.25, 0.3) is 0 Å². The Bertz CT molecular complexity index is 736. The topological polar surface area (TPSA) is 91.1 Å². The van der Waals surface area contributed by atoms with Gasteiger partial charge in [0.15, 0.2) is 5.78 Å². The molecule has 3 rings (SSSR count). The van der Waals surface area contributed by atoms with Crippen molar-refractivity contribution < 1.29 is 9.59 Å². The fourth-order valence-corrected chi connectivity index (χ4v) is 3.63. The summed E-state index contributed by atoms with van der Waals surface area (Å²) in [4.78, 5) is 40.0. The van der Waals surface area contributed by atoms with E-state index in [0.29, 0.717) is 36.6 Å². The Morgan fingerprint density at radius 1 is 1.29 bits per heavy atom. The first-order valence-corrected chi connectivity index (χ1v) is 8.58. The lowest BCUT2D eigenvalue weighted by molar-refractivity contribution is 0.0909. The molecular formula is C18H25N3O3. The van der Waals surface area contributed by atoms with E-state index in [4.69, 9.17) is 0 Å². The second-order valence-electron chi connectivity index (χ2n) is 7.90. The van der Waals surface area contributed by atoms with Gasteiger partial charge in [0.25, 0.3) is 11.5 Å². The van der Waals surface area contributed by atoms with Crippen LogP contribution in [0.1, 0.15) is 60.0 Å². The highest BCUT2D eigenvalue weighted by Gasteiger charge is 2.33. The molecule has 0 saturated carbocycles. The number of nitrogens with one attached hydrogen (secondary N) is 3. The summed E-state index contributed by atoms with van der Waals surface area (Å²) in [5, 5.41) is 6.18. The number of fused-ring (bicyclic) bond motifs is 1. The number of H-pyrrole nitrogens is 1. The Kier molecular flexibility index (Phi) is 4.34. The molecule has 1 fully saturated rings. The number of hydrogen-bond acceptors (Lipinski definition) is 4. The predicted molar refractivity (Wildman–Crippen MR) is 91.4 cm³/mol. The number of carbonyl (C=O) groups excluding carboxylic acids is 2. The zero-order valence-electron chi connectivity index (χ0n) is 14.5. The van der Waals surface area contributed by atoms with Crippen LogP contribution in [0, 0.1) is 11.3 Å². The zero-order chi connectivity index (χ0) is 17.5. The van der Waals surface area contributed by atoms with Crippen LogP contribution in [0.5, 0.6) is 0 Å². The van der Waals surface area contributed by atoms with Gasteiger partial charge in [-0.25, -0.2) is 0 Å². The standard InChI is InChI=1S/C18H25N3O3/c1-10-4-5-19-9-14(10)21-17(24)12-6-11-13(20-16(12)23)7-18(2,3)8-15(11)22/h6,10,14,19H,4-5,7-9H2,1-3H3,(H,20,23)(H,21,24). The molecule has 6 heteroatoms. The minimum atomic E-state index is -0.423. The number of carbonyl (C=O) groups is 2. The highest BCUT2D eigenvalue weighted by Crippen LogP contribution is 2.33. The van der Waals surface area contributed by atoms with E-state index < -0.39 is 11.5 Å². The van der Waals surface area contributed by atoms with Crippen molar-refractivity contribution >= 4 is 11.7 Å². The van der Waals surface area contributed by atoms with Gasteiger partial charge in [0.2, 0.25) is 0 Å². The van der Waals surface area contributed by atoms with Gasteiger partial charge in [0.1, 0.15) is 5.56 Å². The first kappa shape index (κ1) is 16.9. The van der Waals surface area contributed by atoms with Gasteiger partial charge in [0.05, 0.1) is 0 Å². The minimum Gasteiger partial charge on any atom is -0.348 e. The lowest BCUT2D eigenvalue weighted by atomic mass is 9.75. The predicted octanol–water partition coefficient (Wildman–Crippen LogP) is 1.26. The molecule has 2 aliphatic rings. The Morgan fingerprint density at radius 2 is 2.04 bits per heavy atom. The molecule has 24 heavy (non-hydrogen) atoms. The lowest BCUT2D eigenvalue weighted by Crippen LogP contribution is -2.51. The van der Waals surface area contributed by atoms with Gasteiger partial charge in [-0.15, -0.1) is 0 Å². The van der Waals surface area contributed by atoms with Crippen LogP contribution < -0.4 is 16.2 Å². The number of aromatic amines is 1. The van der Waals surface area contributed by atoms with Crippen molar-refractivity contribution in [3.63, 3.8) is 0 Å². The molecule has 0 bridgehead atoms. The summed E-state index contributed by atoms with van der Waals surface area (Å²) in [6, 6.07) is 1.47. The minimum absolute atomic E-state index is 0.00341. The third-order valence-corrected chi connectivity index (χ3v) is 5.11. The monoisotopic (exact) mass is 331 g/mol. The van der Waals surface area contributed by atoms with Crippen molar-refractivity contribution in [2.24, 2.45) is 11.3 Å². The molecular weight excluding hydrogens is 306 g/mol. The van der Waals surface area contributed by atoms with Crippen molar-refractivity contribution in [1.29, 1.82) is 0 Å². The van der Waals surface area contributed by atoms with Gasteiger partial charge in [-0.3, -0.25) is 14.4 Å². The first-order chi connectivity index (χ1) is 11.3. The van der Waals surface area contributed by atoms with Gasteiger partial charge in [0, 0.05) is 30.3 Å². The quantitative estimate of drug-likeness (QED) is 0.761. The normalized spacial score (nSPS) is 25.9. The second-order valence-corrected chi connectivity index (χ2v) is 7.90. The zero-order valence-corrected chi connectivity index (χ0v) is 14.5. The summed E-state index contributed by atoms with van der Waals surface area (Å²) >= 11 is 0. The molecule has 3 N–H and O–H groups in total. The summed E-state index contributed by atoms with van der Waals surface area (Å²) in [6.07, 6.45) is 2.05. The fourth-order valence-electron chi connectivity index (χ4n) is 3.63. The fraction of sp³-hybridized carbons (Fsp3) is 0.611. The average Bonchev–Trinajstić information content (AvgIpc) is 2.47. The largest absolute Gasteiger partial charge is 0.348 e. The SMILES string of the molecule is CC1CCNCC1NC(=O)c1cc2c([nH]c1=O)CC(C)(C)CC2=O. The van der Waals surface area contributed by atoms with Crippen molar-refractivity contribution in [3.8, 4) is 0 Å². The number of amides is 1. The van der Waals surface area contributed by atoms with Crippen LogP contribution in [-0.2, 0) is 6.42 Å². The molecule has 1 aliphatic carbocycles. The van der Waals surface area contributed by atoms with Crippen LogP contribution in [0.4, 0.5) is 0 Å². The molecule has 2 atom stereocenters. The van der Waals surface area contributed by atoms with Crippen molar-refractivity contribution in [1.82, 2.24) is 15.6 Å². The molecule has 2 heterocycles. The van der Waals surface area contributed by atoms with Gasteiger partial charge in [-0.05, 0) is 36.8 Å². The summed E-state index contributed by atoms with van der Waals surface area (Å²) in [7, 11) is 0. The van der Waals surface area contributed by atoms with Crippen molar-refractivity contribution in [2.45, 2.75) is 46.1 Å². The molecule has 1 aromatic heterocycles. The number of aromatic nitrogens is 1. The van der Waals surface area contributed by atoms with Crippen LogP contribution >= 0.6 is 0 Å². The first-order valence-electron chi connectivity index (χ1n) is 8.58. The maximum Gasteiger partial charge on any atom is 0.261 e. The number of pyridine rings is 1. The van der Waals surface area contributed by atoms with Gasteiger partial charge >= 0.3 is 0 Å². The number of hydrogen-bond donors (Lipinski definition) is 3. The van der Waals surface area contributed by atoms with Crippen LogP contribution in [-0.4, -0.2) is 35.8 Å². The smallest absolute Gasteiger partial charge is 0.261 e. The number of rotatable bonds is 2. The maximum atomic E-state index is 12.5. The highest BCUT2D eigenvalue weighted by molar-refractivity contribution is 6.02. The molecule has 2 unspecified atom stereocenters. The van der Waals surface area contributed by atoms with E-state index >= 15 is 0 Å². The summed E-state index contributed by atoms with van der Waals surface area (Å²) in [5.74, 6) is -0.0641. The van der Waals surface area contributed by atoms with Crippen LogP contribution in [0.3, 0.4) is 0 Å². The molecule has 1 aliphatic heterocycles. The van der Waals surface area contributed by atoms with E-state index in [2.05, 4.69) is 22.5 Å². The van der Waals surface area contributed by atoms with E-state index in [0.717, 1.165) is 13.0 Å².